The molecule has 2 fully saturated rings. The topological polar surface area (TPSA) is 117 Å². The summed E-state index contributed by atoms with van der Waals surface area (Å²) in [6.45, 7) is 18.6. The van der Waals surface area contributed by atoms with Crippen molar-refractivity contribution in [1.29, 1.82) is 0 Å². The number of amides is 1. The zero-order valence-corrected chi connectivity index (χ0v) is 31.1. The number of fused-ring (bicyclic) bond motifs is 1. The lowest BCUT2D eigenvalue weighted by Gasteiger charge is -2.35. The number of hydrogen-bond acceptors (Lipinski definition) is 9. The standard InChI is InChI=1S/C38H48F5N3O7/c1-10-13-14-21-17-27(21)50-29(47)19-24(35(4,5)6)33(48)46-20-28(23(11-2)30(46)34(49)53-36(7,8)9)51-32-31(37(39,40)12-3)44-25-16-15-22(18-26(25)45-32)52-38(41,42)43/h10,12,15-16,18,21,23-24,27-28,30H,1,3,11,13-14,17,19-20H2,2,4-9H3/t21-,23-,24-,27-,28+,30+/m1/s1. The molecule has 0 spiro atoms. The molecule has 292 valence electrons. The summed E-state index contributed by atoms with van der Waals surface area (Å²) >= 11 is 0. The maximum Gasteiger partial charge on any atom is 0.573 e. The van der Waals surface area contributed by atoms with Crippen LogP contribution in [0.3, 0.4) is 0 Å². The molecule has 1 aromatic heterocycles. The molecule has 0 N–H and O–H groups in total. The van der Waals surface area contributed by atoms with Gasteiger partial charge in [0.15, 0.2) is 5.69 Å². The van der Waals surface area contributed by atoms with E-state index in [-0.39, 0.29) is 42.4 Å². The molecule has 2 aliphatic rings. The molecule has 1 amide bonds. The van der Waals surface area contributed by atoms with E-state index in [2.05, 4.69) is 27.9 Å². The van der Waals surface area contributed by atoms with Gasteiger partial charge >= 0.3 is 24.2 Å². The Morgan fingerprint density at radius 3 is 2.25 bits per heavy atom. The number of rotatable bonds is 14. The minimum Gasteiger partial charge on any atom is -0.471 e. The first-order valence-corrected chi connectivity index (χ1v) is 17.6. The number of hydrogen-bond donors (Lipinski definition) is 0. The average molecular weight is 754 g/mol. The van der Waals surface area contributed by atoms with Crippen molar-refractivity contribution in [2.45, 2.75) is 117 Å². The molecule has 10 nitrogen and oxygen atoms in total. The van der Waals surface area contributed by atoms with Gasteiger partial charge in [-0.3, -0.25) is 9.59 Å². The van der Waals surface area contributed by atoms with Crippen molar-refractivity contribution < 1.29 is 55.3 Å². The van der Waals surface area contributed by atoms with Gasteiger partial charge in [0, 0.05) is 12.0 Å². The molecule has 1 aliphatic heterocycles. The highest BCUT2D eigenvalue weighted by Gasteiger charge is 2.53. The Morgan fingerprint density at radius 2 is 1.68 bits per heavy atom. The number of ether oxygens (including phenoxy) is 4. The molecule has 1 aromatic carbocycles. The van der Waals surface area contributed by atoms with Crippen LogP contribution in [0.4, 0.5) is 22.0 Å². The summed E-state index contributed by atoms with van der Waals surface area (Å²) in [5.41, 5.74) is -3.16. The molecule has 2 heterocycles. The van der Waals surface area contributed by atoms with Crippen LogP contribution in [0.25, 0.3) is 11.0 Å². The Hall–Kier alpha value is -4.30. The Morgan fingerprint density at radius 1 is 1.00 bits per heavy atom. The van der Waals surface area contributed by atoms with E-state index in [1.54, 1.807) is 54.5 Å². The zero-order chi connectivity index (χ0) is 39.7. The Kier molecular flexibility index (Phi) is 12.2. The van der Waals surface area contributed by atoms with Gasteiger partial charge in [-0.25, -0.2) is 14.8 Å². The lowest BCUT2D eigenvalue weighted by molar-refractivity contribution is -0.274. The van der Waals surface area contributed by atoms with Gasteiger partial charge in [-0.05, 0) is 76.0 Å². The molecule has 1 saturated heterocycles. The second kappa shape index (κ2) is 15.6. The van der Waals surface area contributed by atoms with Gasteiger partial charge in [-0.1, -0.05) is 40.3 Å². The Labute approximate surface area is 306 Å². The number of alkyl halides is 5. The Bertz CT molecular complexity index is 1700. The SMILES string of the molecule is C=CCC[C@@H]1C[C@H]1OC(=O)C[C@H](C(=O)N1C[C@H](Oc2nc3cc(OC(F)(F)F)ccc3nc2C(F)(F)C=C)[C@@H](CC)[C@H]1C(=O)OC(C)(C)C)C(C)(C)C. The molecule has 53 heavy (non-hydrogen) atoms. The summed E-state index contributed by atoms with van der Waals surface area (Å²) in [5, 5.41) is 0. The number of carbonyl (C=O) groups excluding carboxylic acids is 3. The normalized spacial score (nSPS) is 22.6. The maximum atomic E-state index is 15.3. The smallest absolute Gasteiger partial charge is 0.471 e. The molecule has 0 bridgehead atoms. The van der Waals surface area contributed by atoms with Gasteiger partial charge in [-0.2, -0.15) is 8.78 Å². The van der Waals surface area contributed by atoms with Crippen molar-refractivity contribution in [3.05, 3.63) is 49.2 Å². The van der Waals surface area contributed by atoms with Crippen LogP contribution >= 0.6 is 0 Å². The van der Waals surface area contributed by atoms with Crippen molar-refractivity contribution in [3.63, 3.8) is 0 Å². The van der Waals surface area contributed by atoms with Crippen molar-refractivity contribution >= 4 is 28.9 Å². The second-order valence-electron chi connectivity index (χ2n) is 15.6. The molecule has 0 unspecified atom stereocenters. The van der Waals surface area contributed by atoms with E-state index in [4.69, 9.17) is 14.2 Å². The number of esters is 2. The second-order valence-corrected chi connectivity index (χ2v) is 15.6. The number of allylic oxidation sites excluding steroid dienone is 2. The minimum absolute atomic E-state index is 0.177. The lowest BCUT2D eigenvalue weighted by Crippen LogP contribution is -2.50. The van der Waals surface area contributed by atoms with E-state index < -0.39 is 82.5 Å². The van der Waals surface area contributed by atoms with Crippen LogP contribution in [0.1, 0.15) is 86.3 Å². The predicted octanol–water partition coefficient (Wildman–Crippen LogP) is 8.08. The fourth-order valence-corrected chi connectivity index (χ4v) is 6.48. The van der Waals surface area contributed by atoms with Crippen LogP contribution in [0.15, 0.2) is 43.5 Å². The summed E-state index contributed by atoms with van der Waals surface area (Å²) in [7, 11) is 0. The average Bonchev–Trinajstić information content (AvgIpc) is 3.66. The minimum atomic E-state index is -5.03. The lowest BCUT2D eigenvalue weighted by atomic mass is 9.77. The maximum absolute atomic E-state index is 15.3. The van der Waals surface area contributed by atoms with Gasteiger partial charge in [0.2, 0.25) is 11.8 Å². The van der Waals surface area contributed by atoms with E-state index in [1.807, 2.05) is 0 Å². The molecule has 1 aliphatic carbocycles. The summed E-state index contributed by atoms with van der Waals surface area (Å²) in [4.78, 5) is 51.0. The highest BCUT2D eigenvalue weighted by molar-refractivity contribution is 5.90. The summed E-state index contributed by atoms with van der Waals surface area (Å²) in [6, 6.07) is 1.57. The quantitative estimate of drug-likeness (QED) is 0.107. The summed E-state index contributed by atoms with van der Waals surface area (Å²) in [6.07, 6.45) is -2.05. The van der Waals surface area contributed by atoms with Crippen LogP contribution in [0.5, 0.6) is 11.6 Å². The highest BCUT2D eigenvalue weighted by Crippen LogP contribution is 2.42. The predicted molar refractivity (Wildman–Crippen MR) is 185 cm³/mol. The van der Waals surface area contributed by atoms with Gasteiger partial charge in [0.25, 0.3) is 0 Å². The molecule has 6 atom stereocenters. The summed E-state index contributed by atoms with van der Waals surface area (Å²) < 4.78 is 91.0. The van der Waals surface area contributed by atoms with Crippen molar-refractivity contribution in [2.75, 3.05) is 6.54 Å². The number of halogens is 5. The molecule has 2 aromatic rings. The van der Waals surface area contributed by atoms with E-state index >= 15 is 8.78 Å². The van der Waals surface area contributed by atoms with Crippen LogP contribution in [0.2, 0.25) is 0 Å². The zero-order valence-electron chi connectivity index (χ0n) is 31.1. The number of nitrogens with zero attached hydrogens (tertiary/aromatic N) is 3. The summed E-state index contributed by atoms with van der Waals surface area (Å²) in [5.74, 6) is -8.67. The fourth-order valence-electron chi connectivity index (χ4n) is 6.48. The van der Waals surface area contributed by atoms with Crippen LogP contribution < -0.4 is 9.47 Å². The van der Waals surface area contributed by atoms with Crippen LogP contribution in [0, 0.1) is 23.2 Å². The van der Waals surface area contributed by atoms with Gasteiger partial charge in [-0.15, -0.1) is 19.8 Å². The van der Waals surface area contributed by atoms with Crippen LogP contribution in [-0.2, 0) is 29.8 Å². The van der Waals surface area contributed by atoms with E-state index in [9.17, 15) is 27.6 Å². The third-order valence-corrected chi connectivity index (χ3v) is 9.27. The Balaban J connectivity index is 1.72. The first kappa shape index (κ1) is 41.5. The van der Waals surface area contributed by atoms with E-state index in [1.165, 1.54) is 4.90 Å². The first-order valence-electron chi connectivity index (χ1n) is 17.6. The van der Waals surface area contributed by atoms with E-state index in [0.717, 1.165) is 37.5 Å². The highest BCUT2D eigenvalue weighted by atomic mass is 19.4. The van der Waals surface area contributed by atoms with E-state index in [0.29, 0.717) is 6.08 Å². The van der Waals surface area contributed by atoms with Crippen LogP contribution in [-0.4, -0.2) is 69.5 Å². The molecule has 0 radical (unpaired) electrons. The molecule has 15 heteroatoms. The number of aromatic nitrogens is 2. The fraction of sp³-hybridized carbons (Fsp3) is 0.605. The number of carbonyl (C=O) groups is 3. The largest absolute Gasteiger partial charge is 0.573 e. The van der Waals surface area contributed by atoms with Gasteiger partial charge in [0.05, 0.1) is 29.9 Å². The molecule has 4 rings (SSSR count). The molecular formula is C38H48F5N3O7. The number of likely N-dealkylation sites (tertiary alicyclic amines) is 1. The monoisotopic (exact) mass is 753 g/mol. The van der Waals surface area contributed by atoms with Crippen molar-refractivity contribution in [2.24, 2.45) is 23.2 Å². The third kappa shape index (κ3) is 10.4. The first-order chi connectivity index (χ1) is 24.5. The van der Waals surface area contributed by atoms with Gasteiger partial charge < -0.3 is 23.8 Å². The van der Waals surface area contributed by atoms with Crippen molar-refractivity contribution in [3.8, 4) is 11.6 Å². The molecular weight excluding hydrogens is 705 g/mol. The number of benzene rings is 1. The van der Waals surface area contributed by atoms with Gasteiger partial charge in [0.1, 0.15) is 29.6 Å². The van der Waals surface area contributed by atoms with Crippen molar-refractivity contribution in [1.82, 2.24) is 14.9 Å². The third-order valence-electron chi connectivity index (χ3n) is 9.27. The molecule has 1 saturated carbocycles.